The monoisotopic (exact) mass is 1150 g/mol. The Morgan fingerprint density at radius 2 is 1.00 bits per heavy atom. The van der Waals surface area contributed by atoms with Gasteiger partial charge in [0.1, 0.15) is 92.6 Å². The van der Waals surface area contributed by atoms with E-state index in [4.69, 9.17) is 52.1 Å². The average Bonchev–Trinajstić information content (AvgIpc) is 3.44. The quantitative estimate of drug-likeness (QED) is 0.0346. The normalized spacial score (nSPS) is 48.6. The van der Waals surface area contributed by atoms with E-state index in [-0.39, 0.29) is 43.4 Å². The number of ether oxygens (including phenoxy) is 11. The summed E-state index contributed by atoms with van der Waals surface area (Å²) in [5.74, 6) is -2.94. The molecule has 0 bridgehead atoms. The summed E-state index contributed by atoms with van der Waals surface area (Å²) in [6.07, 6.45) is -25.7. The molecule has 27 heteroatoms. The molecular formula is C53H85O27+. The first kappa shape index (κ1) is 63.5. The van der Waals surface area contributed by atoms with Crippen molar-refractivity contribution in [1.82, 2.24) is 0 Å². The van der Waals surface area contributed by atoms with Crippen molar-refractivity contribution in [2.24, 2.45) is 23.7 Å². The smallest absolute Gasteiger partial charge is 0.330 e. The molecule has 4 saturated heterocycles. The number of aliphatic hydroxyl groups excluding tert-OH is 14. The Labute approximate surface area is 462 Å². The SMILES string of the molecule is COC1CC(C=CC(=O)OC[C@H]2O[C@@H](O[C@H]3[C@H](OC4CC5C(O[C@@H]6O[C@H](COC(=O)C=CC7CCC(O)C(O)C7)[C@@H](O)[C@H](O)[C@H]6O)CC(O)CC5[OH+]C4C4CCC(O)C(OC)C4)O[C@H](CO)[C@@H](O)[C@@H]3O)[C@H](O)[C@@H](O)[C@@H]2O)CCC1O. The van der Waals surface area contributed by atoms with Gasteiger partial charge in [-0.15, -0.1) is 0 Å². The Bertz CT molecular complexity index is 2020. The number of methoxy groups -OCH3 is 2. The zero-order valence-corrected chi connectivity index (χ0v) is 44.8. The molecule has 4 aliphatic carbocycles. The van der Waals surface area contributed by atoms with Gasteiger partial charge in [-0.2, -0.15) is 0 Å². The maximum absolute atomic E-state index is 12.9. The number of fused-ring (bicyclic) bond motifs is 1. The Hall–Kier alpha value is -2.50. The van der Waals surface area contributed by atoms with Crippen LogP contribution in [0.15, 0.2) is 24.3 Å². The zero-order chi connectivity index (χ0) is 57.7. The first-order valence-electron chi connectivity index (χ1n) is 28.0. The van der Waals surface area contributed by atoms with E-state index in [0.717, 1.165) is 6.08 Å². The number of allylic oxidation sites excluding steroid dienone is 2. The highest BCUT2D eigenvalue weighted by molar-refractivity contribution is 5.82. The highest BCUT2D eigenvalue weighted by Gasteiger charge is 2.58. The lowest BCUT2D eigenvalue weighted by Crippen LogP contribution is -2.66. The molecule has 15 unspecified atom stereocenters. The highest BCUT2D eigenvalue weighted by atomic mass is 16.8. The van der Waals surface area contributed by atoms with Crippen molar-refractivity contribution < 1.29 is 133 Å². The van der Waals surface area contributed by atoms with E-state index < -0.39 is 197 Å². The molecule has 27 nitrogen and oxygen atoms in total. The summed E-state index contributed by atoms with van der Waals surface area (Å²) in [5.41, 5.74) is 0. The van der Waals surface area contributed by atoms with Crippen LogP contribution in [-0.4, -0.2) is 281 Å². The van der Waals surface area contributed by atoms with Gasteiger partial charge in [-0.05, 0) is 76.0 Å². The van der Waals surface area contributed by atoms with Crippen LogP contribution < -0.4 is 0 Å². The first-order chi connectivity index (χ1) is 38.2. The summed E-state index contributed by atoms with van der Waals surface area (Å²) < 4.78 is 64.1. The Kier molecular flexibility index (Phi) is 22.7. The van der Waals surface area contributed by atoms with Gasteiger partial charge >= 0.3 is 11.9 Å². The third-order valence-electron chi connectivity index (χ3n) is 17.6. The van der Waals surface area contributed by atoms with Gasteiger partial charge in [0.2, 0.25) is 0 Å². The second-order valence-electron chi connectivity index (χ2n) is 22.9. The predicted molar refractivity (Wildman–Crippen MR) is 267 cm³/mol. The molecule has 8 rings (SSSR count). The van der Waals surface area contributed by atoms with E-state index >= 15 is 0 Å². The van der Waals surface area contributed by atoms with Crippen molar-refractivity contribution in [3.63, 3.8) is 0 Å². The lowest BCUT2D eigenvalue weighted by Gasteiger charge is -2.51. The second kappa shape index (κ2) is 28.6. The van der Waals surface area contributed by atoms with Crippen molar-refractivity contribution in [3.8, 4) is 0 Å². The van der Waals surface area contributed by atoms with Crippen molar-refractivity contribution in [3.05, 3.63) is 24.3 Å². The minimum Gasteiger partial charge on any atom is -0.460 e. The number of esters is 2. The summed E-state index contributed by atoms with van der Waals surface area (Å²) in [7, 11) is 2.95. The van der Waals surface area contributed by atoms with Gasteiger partial charge < -0.3 is 124 Å². The van der Waals surface area contributed by atoms with E-state index in [1.54, 1.807) is 12.2 Å². The maximum Gasteiger partial charge on any atom is 0.330 e. The standard InChI is InChI=1S/C53H84O27/c1-70-33-14-23(4-9-28(33)57)6-12-40(61)73-21-38-43(64)45(66)48(69)52(79-38)80-50-46(67)41(62)36(19-54)77-53(50)76-35-18-26-31(74-49(35)24-7-10-29(58)34(15-24)71-2)16-25(55)17-32(26)75-51-47(68)44(65)42(63)37(78-51)20-72-39(60)11-5-22-3-8-27(56)30(59)13-22/h5-6,11-12,22-38,41-59,62-69H,3-4,7-10,13-21H2,1-2H3/p+1/t22?,23?,24?,25?,26?,27?,28?,29?,30?,31?,32?,33?,34?,35?,36-,37-,38-,41-,42-,43-,44+,45+,46+,47-,48-,49?,50-,51-,52+,53-/m1/s1. The number of aliphatic hydroxyl groups is 16. The van der Waals surface area contributed by atoms with Gasteiger partial charge in [0.15, 0.2) is 31.1 Å². The van der Waals surface area contributed by atoms with Crippen LogP contribution in [-0.2, 0) is 57.0 Å². The zero-order valence-electron chi connectivity index (χ0n) is 44.8. The van der Waals surface area contributed by atoms with Gasteiger partial charge in [-0.25, -0.2) is 9.59 Å². The molecule has 8 fully saturated rings. The molecule has 0 amide bonds. The van der Waals surface area contributed by atoms with Crippen LogP contribution in [0.25, 0.3) is 0 Å². The number of carbonyl (C=O) groups is 2. The van der Waals surface area contributed by atoms with Crippen LogP contribution in [0.5, 0.6) is 0 Å². The van der Waals surface area contributed by atoms with E-state index in [9.17, 15) is 81.1 Å². The fraction of sp³-hybridized carbons (Fsp3) is 0.887. The highest BCUT2D eigenvalue weighted by Crippen LogP contribution is 2.45. The number of rotatable bonds is 18. The van der Waals surface area contributed by atoms with Crippen molar-refractivity contribution in [2.75, 3.05) is 34.0 Å². The van der Waals surface area contributed by atoms with Crippen LogP contribution >= 0.6 is 0 Å². The Morgan fingerprint density at radius 1 is 0.487 bits per heavy atom. The maximum atomic E-state index is 12.9. The number of carbonyl (C=O) groups excluding carboxylic acids is 2. The van der Waals surface area contributed by atoms with Gasteiger partial charge in [-0.3, -0.25) is 0 Å². The fourth-order valence-electron chi connectivity index (χ4n) is 12.8. The van der Waals surface area contributed by atoms with Crippen molar-refractivity contribution in [1.29, 1.82) is 0 Å². The largest absolute Gasteiger partial charge is 0.460 e. The van der Waals surface area contributed by atoms with Crippen molar-refractivity contribution in [2.45, 2.75) is 236 Å². The van der Waals surface area contributed by atoms with Crippen LogP contribution in [0.3, 0.4) is 0 Å². The van der Waals surface area contributed by atoms with Gasteiger partial charge in [0.05, 0.1) is 61.4 Å². The van der Waals surface area contributed by atoms with E-state index in [1.165, 1.54) is 20.3 Å². The topological polar surface area (TPSA) is 422 Å². The van der Waals surface area contributed by atoms with Crippen LogP contribution in [0.4, 0.5) is 0 Å². The summed E-state index contributed by atoms with van der Waals surface area (Å²) in [6.45, 7) is -2.04. The van der Waals surface area contributed by atoms with Gasteiger partial charge in [0.25, 0.3) is 0 Å². The van der Waals surface area contributed by atoms with Crippen molar-refractivity contribution >= 4 is 11.9 Å². The molecule has 4 aliphatic heterocycles. The third kappa shape index (κ3) is 15.1. The minimum absolute atomic E-state index is 0.0423. The predicted octanol–water partition coefficient (Wildman–Crippen LogP) is -5.29. The lowest BCUT2D eigenvalue weighted by molar-refractivity contribution is -0.390. The molecule has 8 aliphatic rings. The van der Waals surface area contributed by atoms with Gasteiger partial charge in [0, 0.05) is 45.1 Å². The van der Waals surface area contributed by atoms with E-state index in [0.29, 0.717) is 51.4 Å². The molecule has 80 heavy (non-hydrogen) atoms. The van der Waals surface area contributed by atoms with E-state index in [1.807, 2.05) is 0 Å². The first-order valence-corrected chi connectivity index (χ1v) is 28.0. The fourth-order valence-corrected chi connectivity index (χ4v) is 12.8. The Balaban J connectivity index is 0.981. The van der Waals surface area contributed by atoms with Crippen LogP contribution in [0.1, 0.15) is 77.0 Å². The summed E-state index contributed by atoms with van der Waals surface area (Å²) in [5, 5.41) is 152. The lowest BCUT2D eigenvalue weighted by atomic mass is 9.72. The third-order valence-corrected chi connectivity index (χ3v) is 17.6. The summed E-state index contributed by atoms with van der Waals surface area (Å²) in [6, 6.07) is 0. The molecule has 4 saturated carbocycles. The molecule has 0 aromatic carbocycles. The Morgan fingerprint density at radius 3 is 1.57 bits per heavy atom. The molecule has 0 aromatic rings. The molecular weight excluding hydrogens is 1070 g/mol. The second-order valence-corrected chi connectivity index (χ2v) is 22.9. The van der Waals surface area contributed by atoms with E-state index in [2.05, 4.69) is 0 Å². The molecule has 0 spiro atoms. The molecule has 15 N–H and O–H groups in total. The minimum atomic E-state index is -2.00. The average molecular weight is 1150 g/mol. The molecule has 4 heterocycles. The van der Waals surface area contributed by atoms with Crippen LogP contribution in [0, 0.1) is 23.7 Å². The number of hydrogen-bond donors (Lipinski definition) is 14. The molecule has 30 atom stereocenters. The number of hydrogen-bond acceptors (Lipinski definition) is 26. The summed E-state index contributed by atoms with van der Waals surface area (Å²) in [4.78, 5) is 25.6. The summed E-state index contributed by atoms with van der Waals surface area (Å²) >= 11 is 0. The van der Waals surface area contributed by atoms with Gasteiger partial charge in [-0.1, -0.05) is 12.2 Å². The molecule has 458 valence electrons. The molecule has 0 radical (unpaired) electrons. The van der Waals surface area contributed by atoms with Crippen LogP contribution in [0.2, 0.25) is 0 Å². The molecule has 0 aromatic heterocycles.